The van der Waals surface area contributed by atoms with Crippen LogP contribution in [0.25, 0.3) is 0 Å². The van der Waals surface area contributed by atoms with Crippen molar-refractivity contribution in [1.82, 2.24) is 0 Å². The molecule has 0 spiro atoms. The van der Waals surface area contributed by atoms with E-state index in [1.165, 1.54) is 0 Å². The van der Waals surface area contributed by atoms with E-state index in [4.69, 9.17) is 13.9 Å². The molecule has 0 saturated heterocycles. The average molecular weight is 260 g/mol. The summed E-state index contributed by atoms with van der Waals surface area (Å²) in [5, 5.41) is 9.29. The Balaban J connectivity index is 2.03. The second-order valence-electron chi connectivity index (χ2n) is 4.28. The van der Waals surface area contributed by atoms with Gasteiger partial charge >= 0.3 is 0 Å². The Morgan fingerprint density at radius 3 is 2.68 bits per heavy atom. The minimum atomic E-state index is -0.656. The minimum absolute atomic E-state index is 0.0883. The fraction of sp³-hybridized carbons (Fsp3) is 0.214. The lowest BCUT2D eigenvalue weighted by molar-refractivity contribution is -0.149. The summed E-state index contributed by atoms with van der Waals surface area (Å²) in [5.74, 6) is -0.149. The molecule has 2 atom stereocenters. The van der Waals surface area contributed by atoms with Crippen LogP contribution in [0.1, 0.15) is 30.6 Å². The lowest BCUT2D eigenvalue weighted by Crippen LogP contribution is -2.24. The molecule has 5 nitrogen and oxygen atoms in total. The van der Waals surface area contributed by atoms with Crippen molar-refractivity contribution < 1.29 is 19.0 Å². The summed E-state index contributed by atoms with van der Waals surface area (Å²) in [6.45, 7) is 1.74. The number of rotatable bonds is 1. The van der Waals surface area contributed by atoms with Crippen LogP contribution in [-0.2, 0) is 4.74 Å². The van der Waals surface area contributed by atoms with E-state index in [1.54, 1.807) is 6.92 Å². The fourth-order valence-corrected chi connectivity index (χ4v) is 2.01. The summed E-state index contributed by atoms with van der Waals surface area (Å²) in [5.41, 5.74) is 0.391. The summed E-state index contributed by atoms with van der Waals surface area (Å²) < 4.78 is 16.3. The molecule has 98 valence electrons. The van der Waals surface area contributed by atoms with Gasteiger partial charge in [-0.3, -0.25) is 4.79 Å². The molecule has 0 fully saturated rings. The summed E-state index contributed by atoms with van der Waals surface area (Å²) in [6, 6.07) is 10.3. The van der Waals surface area contributed by atoms with Crippen LogP contribution in [-0.4, -0.2) is 5.11 Å². The highest BCUT2D eigenvalue weighted by atomic mass is 16.7. The quantitative estimate of drug-likeness (QED) is 0.853. The zero-order valence-electron chi connectivity index (χ0n) is 10.2. The molecule has 1 aliphatic heterocycles. The number of benzene rings is 1. The molecule has 0 radical (unpaired) electrons. The summed E-state index contributed by atoms with van der Waals surface area (Å²) in [6.07, 6.45) is -1.13. The molecule has 2 unspecified atom stereocenters. The number of hydrogen-bond donors (Lipinski definition) is 1. The van der Waals surface area contributed by atoms with Gasteiger partial charge in [0.05, 0.1) is 6.07 Å². The van der Waals surface area contributed by atoms with Crippen molar-refractivity contribution >= 4 is 0 Å². The van der Waals surface area contributed by atoms with Crippen molar-refractivity contribution in [3.8, 4) is 11.7 Å². The summed E-state index contributed by atoms with van der Waals surface area (Å²) in [7, 11) is 0. The highest BCUT2D eigenvalue weighted by Crippen LogP contribution is 2.38. The maximum atomic E-state index is 11.8. The van der Waals surface area contributed by atoms with E-state index >= 15 is 0 Å². The Morgan fingerprint density at radius 2 is 1.95 bits per heavy atom. The predicted molar refractivity (Wildman–Crippen MR) is 66.0 cm³/mol. The molecule has 2 heterocycles. The topological polar surface area (TPSA) is 68.9 Å². The Morgan fingerprint density at radius 1 is 1.21 bits per heavy atom. The first-order chi connectivity index (χ1) is 9.15. The van der Waals surface area contributed by atoms with Crippen molar-refractivity contribution in [2.24, 2.45) is 0 Å². The number of aromatic hydroxyl groups is 1. The van der Waals surface area contributed by atoms with Crippen molar-refractivity contribution in [3.05, 3.63) is 57.9 Å². The van der Waals surface area contributed by atoms with Gasteiger partial charge < -0.3 is 19.0 Å². The molecule has 1 N–H and O–H groups in total. The average Bonchev–Trinajstić information content (AvgIpc) is 2.41. The van der Waals surface area contributed by atoms with Crippen LogP contribution in [0.2, 0.25) is 0 Å². The normalized spacial score (nSPS) is 21.5. The largest absolute Gasteiger partial charge is 0.481 e. The third-order valence-electron chi connectivity index (χ3n) is 2.91. The molecule has 1 aromatic carbocycles. The van der Waals surface area contributed by atoms with Crippen molar-refractivity contribution in [2.75, 3.05) is 0 Å². The first-order valence-corrected chi connectivity index (χ1v) is 5.89. The molecule has 0 amide bonds. The number of ether oxygens (including phenoxy) is 2. The predicted octanol–water partition coefficient (Wildman–Crippen LogP) is 2.51. The molecule has 1 aromatic heterocycles. The van der Waals surface area contributed by atoms with Crippen LogP contribution >= 0.6 is 0 Å². The molecule has 5 heteroatoms. The van der Waals surface area contributed by atoms with Gasteiger partial charge in [-0.25, -0.2) is 0 Å². The molecular formula is C14H12O5. The lowest BCUT2D eigenvalue weighted by atomic mass is 10.1. The lowest BCUT2D eigenvalue weighted by Gasteiger charge is -2.29. The Bertz CT molecular complexity index is 647. The van der Waals surface area contributed by atoms with Gasteiger partial charge in [0.1, 0.15) is 6.10 Å². The van der Waals surface area contributed by atoms with Gasteiger partial charge in [-0.2, -0.15) is 0 Å². The van der Waals surface area contributed by atoms with Gasteiger partial charge in [-0.1, -0.05) is 30.3 Å². The van der Waals surface area contributed by atoms with Crippen molar-refractivity contribution in [2.45, 2.75) is 19.3 Å². The Labute approximate surface area is 109 Å². The van der Waals surface area contributed by atoms with Gasteiger partial charge in [0, 0.05) is 5.56 Å². The van der Waals surface area contributed by atoms with E-state index in [0.29, 0.717) is 0 Å². The third-order valence-corrected chi connectivity index (χ3v) is 2.91. The first-order valence-electron chi connectivity index (χ1n) is 5.89. The fourth-order valence-electron chi connectivity index (χ4n) is 2.01. The van der Waals surface area contributed by atoms with E-state index < -0.39 is 23.8 Å². The zero-order chi connectivity index (χ0) is 13.4. The first kappa shape index (κ1) is 11.8. The van der Waals surface area contributed by atoms with Gasteiger partial charge in [0.15, 0.2) is 5.76 Å². The van der Waals surface area contributed by atoms with Crippen LogP contribution in [0.4, 0.5) is 0 Å². The molecule has 19 heavy (non-hydrogen) atoms. The van der Waals surface area contributed by atoms with Crippen LogP contribution in [0.15, 0.2) is 45.6 Å². The monoisotopic (exact) mass is 260 g/mol. The minimum Gasteiger partial charge on any atom is -0.481 e. The smallest absolute Gasteiger partial charge is 0.286 e. The Hall–Kier alpha value is -2.27. The van der Waals surface area contributed by atoms with E-state index in [1.807, 2.05) is 30.3 Å². The number of fused-ring (bicyclic) bond motifs is 1. The molecule has 1 aliphatic rings. The highest BCUT2D eigenvalue weighted by Gasteiger charge is 2.31. The van der Waals surface area contributed by atoms with Crippen LogP contribution in [0.5, 0.6) is 11.7 Å². The maximum absolute atomic E-state index is 11.8. The SMILES string of the molecule is CC1OC(c2ccccc2)Oc2c1oc(O)cc2=O. The van der Waals surface area contributed by atoms with Crippen molar-refractivity contribution in [1.29, 1.82) is 0 Å². The second-order valence-corrected chi connectivity index (χ2v) is 4.28. The van der Waals surface area contributed by atoms with Gasteiger partial charge in [-0.05, 0) is 6.92 Å². The molecule has 0 saturated carbocycles. The van der Waals surface area contributed by atoms with E-state index in [2.05, 4.69) is 0 Å². The molecule has 0 bridgehead atoms. The van der Waals surface area contributed by atoms with Gasteiger partial charge in [0.2, 0.25) is 17.5 Å². The maximum Gasteiger partial charge on any atom is 0.286 e. The Kier molecular flexibility index (Phi) is 2.76. The van der Waals surface area contributed by atoms with E-state index in [0.717, 1.165) is 11.6 Å². The summed E-state index contributed by atoms with van der Waals surface area (Å²) in [4.78, 5) is 11.8. The standard InChI is InChI=1S/C14H12O5/c1-8-12-13(10(15)7-11(16)18-12)19-14(17-8)9-5-3-2-4-6-9/h2-8,14,16H,1H3. The van der Waals surface area contributed by atoms with Crippen molar-refractivity contribution in [3.63, 3.8) is 0 Å². The van der Waals surface area contributed by atoms with Crippen LogP contribution in [0, 0.1) is 0 Å². The highest BCUT2D eigenvalue weighted by molar-refractivity contribution is 5.32. The second kappa shape index (κ2) is 4.44. The van der Waals surface area contributed by atoms with Gasteiger partial charge in [0.25, 0.3) is 5.95 Å². The number of hydrogen-bond acceptors (Lipinski definition) is 5. The summed E-state index contributed by atoms with van der Waals surface area (Å²) >= 11 is 0. The molecular weight excluding hydrogens is 248 g/mol. The third kappa shape index (κ3) is 2.08. The van der Waals surface area contributed by atoms with E-state index in [-0.39, 0.29) is 11.5 Å². The van der Waals surface area contributed by atoms with E-state index in [9.17, 15) is 9.90 Å². The molecule has 3 rings (SSSR count). The van der Waals surface area contributed by atoms with Gasteiger partial charge in [-0.15, -0.1) is 0 Å². The van der Waals surface area contributed by atoms with Crippen LogP contribution < -0.4 is 10.2 Å². The molecule has 2 aromatic rings. The molecule has 0 aliphatic carbocycles. The van der Waals surface area contributed by atoms with Crippen LogP contribution in [0.3, 0.4) is 0 Å². The zero-order valence-corrected chi connectivity index (χ0v) is 10.2.